The van der Waals surface area contributed by atoms with Gasteiger partial charge in [-0.15, -0.1) is 11.8 Å². The molecule has 0 aromatic heterocycles. The van der Waals surface area contributed by atoms with E-state index in [1.165, 1.54) is 11.8 Å². The molecule has 0 spiro atoms. The van der Waals surface area contributed by atoms with Crippen LogP contribution in [0.1, 0.15) is 21.5 Å². The van der Waals surface area contributed by atoms with Gasteiger partial charge in [0.2, 0.25) is 5.91 Å². The fraction of sp³-hybridized carbons (Fsp3) is 0.130. The Morgan fingerprint density at radius 1 is 0.828 bits per heavy atom. The molecular weight excluding hydrogens is 404 g/mol. The second kappa shape index (κ2) is 10.7. The van der Waals surface area contributed by atoms with Crippen LogP contribution in [0.5, 0.6) is 0 Å². The lowest BCUT2D eigenvalue weighted by atomic mass is 10.1. The van der Waals surface area contributed by atoms with Gasteiger partial charge in [0.1, 0.15) is 0 Å². The molecule has 3 aromatic rings. The van der Waals surface area contributed by atoms with Crippen LogP contribution in [0.25, 0.3) is 0 Å². The first kappa shape index (κ1) is 21.0. The summed E-state index contributed by atoms with van der Waals surface area (Å²) < 4.78 is 0. The van der Waals surface area contributed by atoms with Crippen molar-refractivity contribution in [2.45, 2.75) is 12.3 Å². The lowest BCUT2D eigenvalue weighted by Crippen LogP contribution is -2.22. The second-order valence-electron chi connectivity index (χ2n) is 6.41. The lowest BCUT2D eigenvalue weighted by Gasteiger charge is -2.07. The standard InChI is InChI=1S/C23H21ClN2O2S/c24-20-12-8-17(9-13-20)14-25-23(28)19-10-6-18(7-11-19)15-29-16-22(27)26-21-4-2-1-3-5-21/h1-13H,14-16H2,(H,25,28)(H,26,27). The van der Waals surface area contributed by atoms with Crippen molar-refractivity contribution in [1.82, 2.24) is 5.32 Å². The molecule has 2 amide bonds. The maximum atomic E-state index is 12.3. The van der Waals surface area contributed by atoms with Crippen LogP contribution in [-0.4, -0.2) is 17.6 Å². The van der Waals surface area contributed by atoms with Crippen molar-refractivity contribution in [3.05, 3.63) is 101 Å². The number of anilines is 1. The molecule has 29 heavy (non-hydrogen) atoms. The van der Waals surface area contributed by atoms with Crippen molar-refractivity contribution in [3.8, 4) is 0 Å². The van der Waals surface area contributed by atoms with Crippen molar-refractivity contribution in [3.63, 3.8) is 0 Å². The number of para-hydroxylation sites is 1. The molecule has 0 heterocycles. The van der Waals surface area contributed by atoms with E-state index in [0.717, 1.165) is 16.8 Å². The summed E-state index contributed by atoms with van der Waals surface area (Å²) in [5.74, 6) is 0.924. The Labute approximate surface area is 179 Å². The van der Waals surface area contributed by atoms with Crippen molar-refractivity contribution >= 4 is 40.9 Å². The van der Waals surface area contributed by atoms with E-state index in [-0.39, 0.29) is 11.8 Å². The highest BCUT2D eigenvalue weighted by Gasteiger charge is 2.07. The van der Waals surface area contributed by atoms with Crippen molar-refractivity contribution in [2.24, 2.45) is 0 Å². The van der Waals surface area contributed by atoms with Crippen molar-refractivity contribution in [1.29, 1.82) is 0 Å². The van der Waals surface area contributed by atoms with Crippen LogP contribution in [-0.2, 0) is 17.1 Å². The predicted molar refractivity (Wildman–Crippen MR) is 120 cm³/mol. The summed E-state index contributed by atoms with van der Waals surface area (Å²) >= 11 is 7.40. The van der Waals surface area contributed by atoms with Gasteiger partial charge in [0.15, 0.2) is 0 Å². The monoisotopic (exact) mass is 424 g/mol. The van der Waals surface area contributed by atoms with Gasteiger partial charge in [-0.3, -0.25) is 9.59 Å². The number of thioether (sulfide) groups is 1. The Balaban J connectivity index is 1.41. The van der Waals surface area contributed by atoms with E-state index in [1.54, 1.807) is 24.3 Å². The number of rotatable bonds is 8. The average molecular weight is 425 g/mol. The third-order valence-electron chi connectivity index (χ3n) is 4.14. The highest BCUT2D eigenvalue weighted by Crippen LogP contribution is 2.15. The van der Waals surface area contributed by atoms with Gasteiger partial charge in [-0.05, 0) is 47.5 Å². The number of hydrogen-bond acceptors (Lipinski definition) is 3. The average Bonchev–Trinajstić information content (AvgIpc) is 2.74. The summed E-state index contributed by atoms with van der Waals surface area (Å²) in [6.07, 6.45) is 0. The SMILES string of the molecule is O=C(CSCc1ccc(C(=O)NCc2ccc(Cl)cc2)cc1)Nc1ccccc1. The minimum Gasteiger partial charge on any atom is -0.348 e. The molecule has 0 aliphatic carbocycles. The maximum absolute atomic E-state index is 12.3. The minimum atomic E-state index is -0.124. The largest absolute Gasteiger partial charge is 0.348 e. The summed E-state index contributed by atoms with van der Waals surface area (Å²) in [7, 11) is 0. The minimum absolute atomic E-state index is 0.0283. The predicted octanol–water partition coefficient (Wildman–Crippen LogP) is 5.14. The van der Waals surface area contributed by atoms with Gasteiger partial charge < -0.3 is 10.6 Å². The Kier molecular flexibility index (Phi) is 7.73. The first-order chi connectivity index (χ1) is 14.1. The quantitative estimate of drug-likeness (QED) is 0.526. The normalized spacial score (nSPS) is 10.4. The molecule has 0 aliphatic heterocycles. The summed E-state index contributed by atoms with van der Waals surface area (Å²) in [6.45, 7) is 0.449. The van der Waals surface area contributed by atoms with E-state index >= 15 is 0 Å². The molecule has 0 fully saturated rings. The molecule has 4 nitrogen and oxygen atoms in total. The zero-order valence-corrected chi connectivity index (χ0v) is 17.3. The number of halogens is 1. The van der Waals surface area contributed by atoms with Crippen LogP contribution in [0.15, 0.2) is 78.9 Å². The number of carbonyl (C=O) groups is 2. The van der Waals surface area contributed by atoms with Crippen LogP contribution in [0, 0.1) is 0 Å². The topological polar surface area (TPSA) is 58.2 Å². The number of carbonyl (C=O) groups excluding carboxylic acids is 2. The molecule has 3 aromatic carbocycles. The Morgan fingerprint density at radius 3 is 2.17 bits per heavy atom. The molecule has 0 saturated heterocycles. The third-order valence-corrected chi connectivity index (χ3v) is 5.40. The van der Waals surface area contributed by atoms with Gasteiger partial charge >= 0.3 is 0 Å². The molecule has 148 valence electrons. The fourth-order valence-electron chi connectivity index (χ4n) is 2.62. The number of amides is 2. The van der Waals surface area contributed by atoms with E-state index in [9.17, 15) is 9.59 Å². The van der Waals surface area contributed by atoms with E-state index in [0.29, 0.717) is 28.6 Å². The lowest BCUT2D eigenvalue weighted by molar-refractivity contribution is -0.113. The highest BCUT2D eigenvalue weighted by molar-refractivity contribution is 7.99. The van der Waals surface area contributed by atoms with Gasteiger partial charge in [-0.25, -0.2) is 0 Å². The molecule has 0 unspecified atom stereocenters. The zero-order valence-electron chi connectivity index (χ0n) is 15.7. The van der Waals surface area contributed by atoms with E-state index in [1.807, 2.05) is 54.6 Å². The van der Waals surface area contributed by atoms with Gasteiger partial charge in [0.05, 0.1) is 5.75 Å². The van der Waals surface area contributed by atoms with Gasteiger partial charge in [-0.2, -0.15) is 0 Å². The molecule has 3 rings (SSSR count). The maximum Gasteiger partial charge on any atom is 0.251 e. The molecule has 0 radical (unpaired) electrons. The van der Waals surface area contributed by atoms with Crippen LogP contribution in [0.3, 0.4) is 0 Å². The number of benzene rings is 3. The van der Waals surface area contributed by atoms with Gasteiger partial charge in [0.25, 0.3) is 5.91 Å². The summed E-state index contributed by atoms with van der Waals surface area (Å²) in [5, 5.41) is 6.43. The van der Waals surface area contributed by atoms with Gasteiger partial charge in [-0.1, -0.05) is 54.1 Å². The molecule has 0 bridgehead atoms. The highest BCUT2D eigenvalue weighted by atomic mass is 35.5. The number of nitrogens with one attached hydrogen (secondary N) is 2. The van der Waals surface area contributed by atoms with E-state index < -0.39 is 0 Å². The van der Waals surface area contributed by atoms with E-state index in [4.69, 9.17) is 11.6 Å². The molecule has 0 saturated carbocycles. The number of hydrogen-bond donors (Lipinski definition) is 2. The Morgan fingerprint density at radius 2 is 1.48 bits per heavy atom. The third kappa shape index (κ3) is 6.97. The first-order valence-corrected chi connectivity index (χ1v) is 10.7. The molecular formula is C23H21ClN2O2S. The fourth-order valence-corrected chi connectivity index (χ4v) is 3.53. The summed E-state index contributed by atoms with van der Waals surface area (Å²) in [6, 6.07) is 24.2. The van der Waals surface area contributed by atoms with Gasteiger partial charge in [0, 0.05) is 28.6 Å². The summed E-state index contributed by atoms with van der Waals surface area (Å²) in [5.41, 5.74) is 3.46. The molecule has 0 aliphatic rings. The molecule has 2 N–H and O–H groups in total. The summed E-state index contributed by atoms with van der Waals surface area (Å²) in [4.78, 5) is 24.2. The van der Waals surface area contributed by atoms with Crippen LogP contribution >= 0.6 is 23.4 Å². The molecule has 6 heteroatoms. The molecule has 0 atom stereocenters. The smallest absolute Gasteiger partial charge is 0.251 e. The first-order valence-electron chi connectivity index (χ1n) is 9.14. The van der Waals surface area contributed by atoms with Crippen LogP contribution in [0.4, 0.5) is 5.69 Å². The zero-order chi connectivity index (χ0) is 20.5. The second-order valence-corrected chi connectivity index (χ2v) is 7.84. The van der Waals surface area contributed by atoms with Crippen molar-refractivity contribution < 1.29 is 9.59 Å². The van der Waals surface area contributed by atoms with Crippen molar-refractivity contribution in [2.75, 3.05) is 11.1 Å². The van der Waals surface area contributed by atoms with Crippen LogP contribution < -0.4 is 10.6 Å². The van der Waals surface area contributed by atoms with Crippen LogP contribution in [0.2, 0.25) is 5.02 Å². The Bertz CT molecular complexity index is 945. The Hall–Kier alpha value is -2.76. The van der Waals surface area contributed by atoms with E-state index in [2.05, 4.69) is 10.6 Å².